The summed E-state index contributed by atoms with van der Waals surface area (Å²) in [5.41, 5.74) is 1.01. The number of rotatable bonds is 5. The molecule has 0 spiro atoms. The van der Waals surface area contributed by atoms with Crippen molar-refractivity contribution in [2.75, 3.05) is 38.5 Å². The summed E-state index contributed by atoms with van der Waals surface area (Å²) in [4.78, 5) is 21.7. The number of benzene rings is 2. The highest BCUT2D eigenvalue weighted by Crippen LogP contribution is 2.34. The third kappa shape index (κ3) is 6.94. The first-order chi connectivity index (χ1) is 19.1. The Hall–Kier alpha value is -3.49. The van der Waals surface area contributed by atoms with Crippen LogP contribution in [-0.2, 0) is 4.79 Å². The Morgan fingerprint density at radius 3 is 2.38 bits per heavy atom. The fourth-order valence-corrected chi connectivity index (χ4v) is 5.43. The molecule has 6 rings (SSSR count). The molecule has 2 aromatic rings. The number of hydrogen-bond donors (Lipinski definition) is 2. The minimum Gasteiger partial charge on any atom is -0.464 e. The van der Waals surface area contributed by atoms with Crippen molar-refractivity contribution in [3.63, 3.8) is 0 Å². The minimum atomic E-state index is -0.429. The van der Waals surface area contributed by atoms with E-state index in [0.717, 1.165) is 36.7 Å². The summed E-state index contributed by atoms with van der Waals surface area (Å²) in [6.07, 6.45) is 15.4. The van der Waals surface area contributed by atoms with Gasteiger partial charge in [-0.2, -0.15) is 0 Å². The summed E-state index contributed by atoms with van der Waals surface area (Å²) in [6.45, 7) is 4.36. The third-order valence-corrected chi connectivity index (χ3v) is 7.57. The first-order valence-corrected chi connectivity index (χ1v) is 14.0. The van der Waals surface area contributed by atoms with E-state index in [1.807, 2.05) is 42.5 Å². The van der Waals surface area contributed by atoms with Gasteiger partial charge in [-0.25, -0.2) is 9.38 Å². The van der Waals surface area contributed by atoms with E-state index in [1.54, 1.807) is 18.6 Å². The molecule has 3 heterocycles. The van der Waals surface area contributed by atoms with Gasteiger partial charge in [0.05, 0.1) is 12.4 Å². The van der Waals surface area contributed by atoms with Crippen molar-refractivity contribution in [2.45, 2.75) is 50.8 Å². The summed E-state index contributed by atoms with van der Waals surface area (Å²) in [6, 6.07) is 10.9. The second-order valence-electron chi connectivity index (χ2n) is 10.5. The lowest BCUT2D eigenvalue weighted by atomic mass is 10.1. The standard InChI is InChI=1S/C25H25FN4O2.C6H13N/c26-20-14-17(15-22(20)30-12-4-1-5-13-30)25(31)29-21-8-9-23(19-7-3-2-6-18(19)21)32-24-10-11-27-16-28-24;1-7-5-3-2-4-6-7/h2-3,6-11,14-16,22,24H,1,4-5,12-13H2,(H,27,28)(H,29,31);2-6H2,1H3. The molecule has 2 N–H and O–H groups in total. The topological polar surface area (TPSA) is 69.2 Å². The first kappa shape index (κ1) is 27.1. The maximum Gasteiger partial charge on any atom is 0.255 e. The van der Waals surface area contributed by atoms with Crippen molar-refractivity contribution in [1.29, 1.82) is 0 Å². The number of anilines is 1. The highest BCUT2D eigenvalue weighted by molar-refractivity contribution is 6.11. The van der Waals surface area contributed by atoms with Gasteiger partial charge in [-0.3, -0.25) is 9.69 Å². The summed E-state index contributed by atoms with van der Waals surface area (Å²) in [5.74, 6) is 0.0918. The molecule has 2 unspecified atom stereocenters. The van der Waals surface area contributed by atoms with Crippen molar-refractivity contribution in [2.24, 2.45) is 4.99 Å². The lowest BCUT2D eigenvalue weighted by Crippen LogP contribution is -2.37. The molecule has 7 nitrogen and oxygen atoms in total. The van der Waals surface area contributed by atoms with Gasteiger partial charge in [0.2, 0.25) is 6.23 Å². The Morgan fingerprint density at radius 2 is 1.72 bits per heavy atom. The summed E-state index contributed by atoms with van der Waals surface area (Å²) in [7, 11) is 2.19. The number of nitrogens with one attached hydrogen (secondary N) is 2. The second kappa shape index (κ2) is 13.0. The number of piperidine rings is 2. The summed E-state index contributed by atoms with van der Waals surface area (Å²) < 4.78 is 20.6. The van der Waals surface area contributed by atoms with Gasteiger partial charge in [-0.05, 0) is 89.3 Å². The lowest BCUT2D eigenvalue weighted by Gasteiger charge is -2.30. The number of halogens is 1. The molecule has 206 valence electrons. The molecule has 3 aliphatic heterocycles. The quantitative estimate of drug-likeness (QED) is 0.542. The predicted octanol–water partition coefficient (Wildman–Crippen LogP) is 5.38. The number of carbonyl (C=O) groups excluding carboxylic acids is 1. The van der Waals surface area contributed by atoms with E-state index >= 15 is 0 Å². The van der Waals surface area contributed by atoms with Gasteiger partial charge in [0.25, 0.3) is 5.91 Å². The van der Waals surface area contributed by atoms with Gasteiger partial charge >= 0.3 is 0 Å². The maximum absolute atomic E-state index is 14.6. The largest absolute Gasteiger partial charge is 0.464 e. The van der Waals surface area contributed by atoms with Crippen molar-refractivity contribution in [3.8, 4) is 5.75 Å². The molecule has 2 aromatic carbocycles. The average molecular weight is 532 g/mol. The molecule has 0 radical (unpaired) electrons. The summed E-state index contributed by atoms with van der Waals surface area (Å²) >= 11 is 0. The van der Waals surface area contributed by atoms with Crippen LogP contribution >= 0.6 is 0 Å². The van der Waals surface area contributed by atoms with Crippen molar-refractivity contribution < 1.29 is 13.9 Å². The van der Waals surface area contributed by atoms with Crippen LogP contribution in [0.3, 0.4) is 0 Å². The van der Waals surface area contributed by atoms with Gasteiger partial charge in [-0.1, -0.05) is 37.1 Å². The highest BCUT2D eigenvalue weighted by Gasteiger charge is 2.29. The van der Waals surface area contributed by atoms with Crippen LogP contribution in [0.25, 0.3) is 10.8 Å². The van der Waals surface area contributed by atoms with Gasteiger partial charge in [-0.15, -0.1) is 0 Å². The molecule has 2 atom stereocenters. The van der Waals surface area contributed by atoms with Crippen LogP contribution in [0.1, 0.15) is 38.5 Å². The molecule has 0 saturated carbocycles. The molecule has 39 heavy (non-hydrogen) atoms. The third-order valence-electron chi connectivity index (χ3n) is 7.57. The van der Waals surface area contributed by atoms with Crippen LogP contribution in [0, 0.1) is 0 Å². The molecule has 0 bridgehead atoms. The van der Waals surface area contributed by atoms with Crippen LogP contribution < -0.4 is 15.4 Å². The zero-order valence-corrected chi connectivity index (χ0v) is 22.6. The number of aliphatic imine (C=N–C) groups is 1. The summed E-state index contributed by atoms with van der Waals surface area (Å²) in [5, 5.41) is 7.54. The van der Waals surface area contributed by atoms with Gasteiger partial charge in [0.1, 0.15) is 11.6 Å². The van der Waals surface area contributed by atoms with E-state index in [1.165, 1.54) is 44.8 Å². The van der Waals surface area contributed by atoms with E-state index < -0.39 is 12.3 Å². The van der Waals surface area contributed by atoms with E-state index in [-0.39, 0.29) is 11.7 Å². The SMILES string of the molecule is CN1CCCCC1.O=C(Nc1ccc(OC2C=CNC=N2)c2ccccc12)C1=CC(N2CCCCC2)C(F)=C1. The Labute approximate surface area is 230 Å². The molecule has 8 heteroatoms. The molecule has 1 amide bonds. The molecule has 4 aliphatic rings. The van der Waals surface area contributed by atoms with Gasteiger partial charge in [0, 0.05) is 28.2 Å². The fourth-order valence-electron chi connectivity index (χ4n) is 5.43. The number of hydrogen-bond acceptors (Lipinski definition) is 6. The number of likely N-dealkylation sites (tertiary alicyclic amines) is 2. The Balaban J connectivity index is 0.000000384. The Bertz CT molecular complexity index is 1260. The van der Waals surface area contributed by atoms with Gasteiger partial charge in [0.15, 0.2) is 0 Å². The first-order valence-electron chi connectivity index (χ1n) is 14.0. The molecule has 1 aliphatic carbocycles. The molecule has 0 aromatic heterocycles. The predicted molar refractivity (Wildman–Crippen MR) is 156 cm³/mol. The van der Waals surface area contributed by atoms with Crippen LogP contribution in [-0.4, -0.2) is 67.5 Å². The number of ether oxygens (including phenoxy) is 1. The molecular formula is C31H38FN5O2. The van der Waals surface area contributed by atoms with Crippen molar-refractivity contribution >= 4 is 28.7 Å². The van der Waals surface area contributed by atoms with Gasteiger partial charge < -0.3 is 20.3 Å². The van der Waals surface area contributed by atoms with Crippen LogP contribution in [0.4, 0.5) is 10.1 Å². The normalized spacial score (nSPS) is 23.3. The molecular weight excluding hydrogens is 493 g/mol. The van der Waals surface area contributed by atoms with E-state index in [0.29, 0.717) is 17.0 Å². The molecule has 2 saturated heterocycles. The minimum absolute atomic E-state index is 0.263. The number of amides is 1. The van der Waals surface area contributed by atoms with Crippen LogP contribution in [0.2, 0.25) is 0 Å². The lowest BCUT2D eigenvalue weighted by molar-refractivity contribution is -0.112. The van der Waals surface area contributed by atoms with E-state index in [4.69, 9.17) is 4.74 Å². The zero-order valence-electron chi connectivity index (χ0n) is 22.6. The number of nitrogens with zero attached hydrogens (tertiary/aromatic N) is 3. The number of fused-ring (bicyclic) bond motifs is 1. The van der Waals surface area contributed by atoms with Crippen molar-refractivity contribution in [3.05, 3.63) is 72.2 Å². The van der Waals surface area contributed by atoms with Crippen LogP contribution in [0.15, 0.2) is 77.2 Å². The smallest absolute Gasteiger partial charge is 0.255 e. The van der Waals surface area contributed by atoms with E-state index in [2.05, 4.69) is 32.5 Å². The maximum atomic E-state index is 14.6. The average Bonchev–Trinajstić information content (AvgIpc) is 3.38. The monoisotopic (exact) mass is 531 g/mol. The number of carbonyl (C=O) groups is 1. The van der Waals surface area contributed by atoms with Crippen LogP contribution in [0.5, 0.6) is 5.75 Å². The highest BCUT2D eigenvalue weighted by atomic mass is 19.1. The van der Waals surface area contributed by atoms with E-state index in [9.17, 15) is 9.18 Å². The molecule has 2 fully saturated rings. The Morgan fingerprint density at radius 1 is 1.00 bits per heavy atom. The van der Waals surface area contributed by atoms with Crippen molar-refractivity contribution in [1.82, 2.24) is 15.1 Å². The zero-order chi connectivity index (χ0) is 27.0. The Kier molecular flexibility index (Phi) is 9.06. The second-order valence-corrected chi connectivity index (χ2v) is 10.5. The fraction of sp³-hybridized carbons (Fsp3) is 0.419.